The fourth-order valence-electron chi connectivity index (χ4n) is 5.57. The maximum Gasteiger partial charge on any atom is 0.416 e. The lowest BCUT2D eigenvalue weighted by atomic mass is 10.00. The number of anilines is 2. The van der Waals surface area contributed by atoms with Crippen LogP contribution in [0.5, 0.6) is 5.75 Å². The number of alkyl halides is 3. The highest BCUT2D eigenvalue weighted by atomic mass is 19.4. The molecule has 3 aromatic rings. The van der Waals surface area contributed by atoms with Crippen LogP contribution in [0.2, 0.25) is 0 Å². The first kappa shape index (κ1) is 27.0. The molecule has 1 fully saturated rings. The van der Waals surface area contributed by atoms with Crippen molar-refractivity contribution in [1.29, 1.82) is 0 Å². The van der Waals surface area contributed by atoms with Crippen LogP contribution < -0.4 is 9.64 Å². The molecule has 7 heteroatoms. The molecule has 3 aromatic carbocycles. The van der Waals surface area contributed by atoms with Gasteiger partial charge in [-0.25, -0.2) is 0 Å². The lowest BCUT2D eigenvalue weighted by Crippen LogP contribution is -2.40. The molecule has 39 heavy (non-hydrogen) atoms. The topological polar surface area (TPSA) is 32.8 Å². The molecule has 204 valence electrons. The second kappa shape index (κ2) is 11.7. The van der Waals surface area contributed by atoms with Gasteiger partial charge in [0, 0.05) is 23.8 Å². The van der Waals surface area contributed by atoms with Gasteiger partial charge in [0.1, 0.15) is 5.75 Å². The van der Waals surface area contributed by atoms with Gasteiger partial charge >= 0.3 is 6.18 Å². The summed E-state index contributed by atoms with van der Waals surface area (Å²) in [4.78, 5) is 17.7. The number of nitrogens with zero attached hydrogens (tertiary/aromatic N) is 2. The molecule has 1 unspecified atom stereocenters. The maximum absolute atomic E-state index is 13.5. The number of carbonyl (C=O) groups excluding carboxylic acids is 1. The zero-order chi connectivity index (χ0) is 27.4. The van der Waals surface area contributed by atoms with E-state index in [-0.39, 0.29) is 5.91 Å². The first-order valence-corrected chi connectivity index (χ1v) is 13.6. The Morgan fingerprint density at radius 3 is 2.56 bits per heavy atom. The molecule has 0 aliphatic carbocycles. The zero-order valence-corrected chi connectivity index (χ0v) is 22.1. The lowest BCUT2D eigenvalue weighted by molar-refractivity contribution is -0.137. The van der Waals surface area contributed by atoms with Gasteiger partial charge < -0.3 is 9.64 Å². The number of para-hydroxylation sites is 1. The van der Waals surface area contributed by atoms with Gasteiger partial charge in [-0.3, -0.25) is 9.69 Å². The Morgan fingerprint density at radius 1 is 1.00 bits per heavy atom. The number of hydrogen-bond acceptors (Lipinski definition) is 3. The van der Waals surface area contributed by atoms with Crippen LogP contribution in [0.4, 0.5) is 24.5 Å². The number of rotatable bonds is 8. The molecule has 5 rings (SSSR count). The molecule has 1 atom stereocenters. The highest BCUT2D eigenvalue weighted by Gasteiger charge is 2.34. The lowest BCUT2D eigenvalue weighted by Gasteiger charge is -2.35. The molecule has 2 heterocycles. The summed E-state index contributed by atoms with van der Waals surface area (Å²) in [6.45, 7) is 5.09. The number of halogens is 3. The Bertz CT molecular complexity index is 1330. The van der Waals surface area contributed by atoms with E-state index in [1.54, 1.807) is 11.0 Å². The number of likely N-dealkylation sites (tertiary alicyclic amines) is 1. The molecule has 2 aliphatic heterocycles. The monoisotopic (exact) mass is 534 g/mol. The van der Waals surface area contributed by atoms with Crippen molar-refractivity contribution in [3.63, 3.8) is 0 Å². The van der Waals surface area contributed by atoms with Gasteiger partial charge in [-0.15, -0.1) is 0 Å². The molecular formula is C32H33F3N2O2. The van der Waals surface area contributed by atoms with Gasteiger partial charge in [-0.05, 0) is 86.3 Å². The van der Waals surface area contributed by atoms with Crippen LogP contribution in [0.25, 0.3) is 11.6 Å². The van der Waals surface area contributed by atoms with Crippen LogP contribution in [0.3, 0.4) is 0 Å². The molecule has 0 saturated carbocycles. The average Bonchev–Trinajstić information content (AvgIpc) is 3.22. The molecule has 4 nitrogen and oxygen atoms in total. The molecule has 1 amide bonds. The Kier molecular flexibility index (Phi) is 8.07. The molecule has 0 spiro atoms. The van der Waals surface area contributed by atoms with E-state index >= 15 is 0 Å². The summed E-state index contributed by atoms with van der Waals surface area (Å²) >= 11 is 0. The highest BCUT2D eigenvalue weighted by molar-refractivity contribution is 6.38. The Hall–Kier alpha value is -3.58. The highest BCUT2D eigenvalue weighted by Crippen LogP contribution is 2.42. The molecule has 0 bridgehead atoms. The minimum Gasteiger partial charge on any atom is -0.494 e. The van der Waals surface area contributed by atoms with Crippen LogP contribution in [-0.4, -0.2) is 36.5 Å². The third-order valence-electron chi connectivity index (χ3n) is 7.57. The number of piperidine rings is 1. The molecule has 2 aliphatic rings. The van der Waals surface area contributed by atoms with Gasteiger partial charge in [0.05, 0.1) is 23.4 Å². The SMILES string of the molecule is CCC1CCCCN1CCCOc1ccc(N2C(=O)/C(=C\c3cccc(C(F)(F)F)c3)c3ccccc32)cc1. The average molecular weight is 535 g/mol. The summed E-state index contributed by atoms with van der Waals surface area (Å²) < 4.78 is 45.6. The minimum absolute atomic E-state index is 0.283. The summed E-state index contributed by atoms with van der Waals surface area (Å²) in [5.74, 6) is 0.457. The number of amides is 1. The van der Waals surface area contributed by atoms with E-state index in [0.717, 1.165) is 30.8 Å². The largest absolute Gasteiger partial charge is 0.494 e. The van der Waals surface area contributed by atoms with E-state index in [9.17, 15) is 18.0 Å². The van der Waals surface area contributed by atoms with E-state index in [0.29, 0.717) is 40.7 Å². The molecule has 1 saturated heterocycles. The Morgan fingerprint density at radius 2 is 1.79 bits per heavy atom. The van der Waals surface area contributed by atoms with Crippen LogP contribution in [0, 0.1) is 0 Å². The maximum atomic E-state index is 13.5. The number of carbonyl (C=O) groups is 1. The minimum atomic E-state index is -4.45. The summed E-state index contributed by atoms with van der Waals surface area (Å²) in [6.07, 6.45) is 3.11. The smallest absolute Gasteiger partial charge is 0.416 e. The normalized spacial score (nSPS) is 19.0. The van der Waals surface area contributed by atoms with Crippen molar-refractivity contribution in [2.45, 2.75) is 51.2 Å². The van der Waals surface area contributed by atoms with Gasteiger partial charge in [-0.1, -0.05) is 43.7 Å². The van der Waals surface area contributed by atoms with Gasteiger partial charge in [0.25, 0.3) is 5.91 Å². The fourth-order valence-corrected chi connectivity index (χ4v) is 5.57. The van der Waals surface area contributed by atoms with E-state index < -0.39 is 11.7 Å². The van der Waals surface area contributed by atoms with Gasteiger partial charge in [0.15, 0.2) is 0 Å². The van der Waals surface area contributed by atoms with Crippen LogP contribution >= 0.6 is 0 Å². The quantitative estimate of drug-likeness (QED) is 0.217. The zero-order valence-electron chi connectivity index (χ0n) is 22.1. The summed E-state index contributed by atoms with van der Waals surface area (Å²) in [6, 6.07) is 20.4. The van der Waals surface area contributed by atoms with Crippen LogP contribution in [0.1, 0.15) is 55.7 Å². The van der Waals surface area contributed by atoms with Crippen LogP contribution in [-0.2, 0) is 11.0 Å². The number of ether oxygens (including phenoxy) is 1. The van der Waals surface area contributed by atoms with Crippen molar-refractivity contribution < 1.29 is 22.7 Å². The van der Waals surface area contributed by atoms with Crippen molar-refractivity contribution in [3.8, 4) is 5.75 Å². The molecule has 0 radical (unpaired) electrons. The third-order valence-corrected chi connectivity index (χ3v) is 7.57. The first-order chi connectivity index (χ1) is 18.8. The van der Waals surface area contributed by atoms with Gasteiger partial charge in [0.2, 0.25) is 0 Å². The predicted molar refractivity (Wildman–Crippen MR) is 149 cm³/mol. The summed E-state index contributed by atoms with van der Waals surface area (Å²) in [7, 11) is 0. The van der Waals surface area contributed by atoms with E-state index in [1.165, 1.54) is 44.4 Å². The molecule has 0 aromatic heterocycles. The Balaban J connectivity index is 1.28. The van der Waals surface area contributed by atoms with Crippen LogP contribution in [0.15, 0.2) is 72.8 Å². The first-order valence-electron chi connectivity index (χ1n) is 13.6. The standard InChI is InChI=1S/C32H33F3N2O2/c1-2-25-11-5-6-18-36(25)19-8-20-39-27-16-14-26(15-17-27)37-30-13-4-3-12-28(30)29(31(37)38)22-23-9-7-10-24(21-23)32(33,34)35/h3-4,7,9-10,12-17,21-22,25H,2,5-6,8,11,18-20H2,1H3/b29-22-. The summed E-state index contributed by atoms with van der Waals surface area (Å²) in [5.41, 5.74) is 1.98. The fraction of sp³-hybridized carbons (Fsp3) is 0.344. The third kappa shape index (κ3) is 6.04. The second-order valence-electron chi connectivity index (χ2n) is 10.1. The number of benzene rings is 3. The van der Waals surface area contributed by atoms with E-state index in [4.69, 9.17) is 4.74 Å². The van der Waals surface area contributed by atoms with E-state index in [1.807, 2.05) is 48.5 Å². The van der Waals surface area contributed by atoms with Gasteiger partial charge in [-0.2, -0.15) is 13.2 Å². The van der Waals surface area contributed by atoms with Crippen molar-refractivity contribution in [2.24, 2.45) is 0 Å². The summed E-state index contributed by atoms with van der Waals surface area (Å²) in [5, 5.41) is 0. The van der Waals surface area contributed by atoms with Crippen molar-refractivity contribution in [2.75, 3.05) is 24.6 Å². The predicted octanol–water partition coefficient (Wildman–Crippen LogP) is 7.96. The molecule has 0 N–H and O–H groups in total. The van der Waals surface area contributed by atoms with Crippen molar-refractivity contribution in [3.05, 3.63) is 89.5 Å². The second-order valence-corrected chi connectivity index (χ2v) is 10.1. The van der Waals surface area contributed by atoms with Crippen molar-refractivity contribution in [1.82, 2.24) is 4.90 Å². The van der Waals surface area contributed by atoms with Crippen molar-refractivity contribution >= 4 is 28.9 Å². The number of fused-ring (bicyclic) bond motifs is 1. The van der Waals surface area contributed by atoms with E-state index in [2.05, 4.69) is 11.8 Å². The number of hydrogen-bond donors (Lipinski definition) is 0. The molecular weight excluding hydrogens is 501 g/mol. The Labute approximate surface area is 227 Å².